The minimum atomic E-state index is -0.262. The molecule has 1 atom stereocenters. The van der Waals surface area contributed by atoms with Crippen LogP contribution in [0.1, 0.15) is 19.3 Å². The molecular weight excluding hydrogens is 166 g/mol. The third kappa shape index (κ3) is 1.69. The lowest BCUT2D eigenvalue weighted by Crippen LogP contribution is -2.63. The Morgan fingerprint density at radius 1 is 1.08 bits per heavy atom. The summed E-state index contributed by atoms with van der Waals surface area (Å²) in [6.07, 6.45) is 2.96. The molecule has 2 saturated heterocycles. The molecule has 0 radical (unpaired) electrons. The summed E-state index contributed by atoms with van der Waals surface area (Å²) in [5.41, 5.74) is -0.262. The zero-order valence-electron chi connectivity index (χ0n) is 7.86. The van der Waals surface area contributed by atoms with Crippen LogP contribution in [-0.4, -0.2) is 37.6 Å². The number of carbonyl (C=O) groups excluding carboxylic acids is 1. The largest absolute Gasteiger partial charge is 0.353 e. The molecule has 74 valence electrons. The summed E-state index contributed by atoms with van der Waals surface area (Å²) in [5.74, 6) is 0.197. The van der Waals surface area contributed by atoms with Gasteiger partial charge in [0.2, 0.25) is 5.91 Å². The van der Waals surface area contributed by atoms with Crippen LogP contribution in [0.2, 0.25) is 0 Å². The molecule has 0 bridgehead atoms. The van der Waals surface area contributed by atoms with Crippen molar-refractivity contribution >= 4 is 5.91 Å². The molecule has 1 spiro atoms. The average Bonchev–Trinajstić information content (AvgIpc) is 2.37. The fourth-order valence-corrected chi connectivity index (χ4v) is 2.20. The predicted octanol–water partition coefficient (Wildman–Crippen LogP) is -0.782. The van der Waals surface area contributed by atoms with E-state index in [2.05, 4.69) is 16.0 Å². The number of piperazine rings is 1. The maximum absolute atomic E-state index is 11.7. The molecular formula is C9H17N3O. The molecule has 4 heteroatoms. The Bertz CT molecular complexity index is 197. The highest BCUT2D eigenvalue weighted by atomic mass is 16.2. The van der Waals surface area contributed by atoms with Crippen LogP contribution in [0.25, 0.3) is 0 Å². The Labute approximate surface area is 78.5 Å². The number of hydrogen-bond donors (Lipinski definition) is 3. The smallest absolute Gasteiger partial charge is 0.240 e. The Morgan fingerprint density at radius 3 is 2.85 bits per heavy atom. The lowest BCUT2D eigenvalue weighted by atomic mass is 9.88. The van der Waals surface area contributed by atoms with Crippen LogP contribution < -0.4 is 16.0 Å². The van der Waals surface area contributed by atoms with Gasteiger partial charge in [-0.25, -0.2) is 0 Å². The molecule has 2 rings (SSSR count). The van der Waals surface area contributed by atoms with Crippen molar-refractivity contribution in [2.24, 2.45) is 0 Å². The molecule has 4 nitrogen and oxygen atoms in total. The van der Waals surface area contributed by atoms with Crippen LogP contribution in [-0.2, 0) is 4.79 Å². The van der Waals surface area contributed by atoms with E-state index in [1.807, 2.05) is 0 Å². The van der Waals surface area contributed by atoms with Crippen LogP contribution in [0.15, 0.2) is 0 Å². The summed E-state index contributed by atoms with van der Waals surface area (Å²) in [6.45, 7) is 3.66. The molecule has 0 saturated carbocycles. The molecule has 2 aliphatic heterocycles. The highest BCUT2D eigenvalue weighted by Gasteiger charge is 2.39. The first-order valence-electron chi connectivity index (χ1n) is 5.08. The highest BCUT2D eigenvalue weighted by Crippen LogP contribution is 2.21. The average molecular weight is 183 g/mol. The summed E-state index contributed by atoms with van der Waals surface area (Å²) in [6, 6.07) is 0. The summed E-state index contributed by atoms with van der Waals surface area (Å²) < 4.78 is 0. The normalized spacial score (nSPS) is 35.5. The summed E-state index contributed by atoms with van der Waals surface area (Å²) in [5, 5.41) is 9.63. The van der Waals surface area contributed by atoms with Crippen molar-refractivity contribution in [1.29, 1.82) is 0 Å². The number of hydrogen-bond acceptors (Lipinski definition) is 3. The van der Waals surface area contributed by atoms with Gasteiger partial charge in [0.05, 0.1) is 5.54 Å². The minimum Gasteiger partial charge on any atom is -0.353 e. The maximum Gasteiger partial charge on any atom is 0.240 e. The van der Waals surface area contributed by atoms with Gasteiger partial charge in [0.25, 0.3) is 0 Å². The van der Waals surface area contributed by atoms with Crippen LogP contribution in [0, 0.1) is 0 Å². The summed E-state index contributed by atoms with van der Waals surface area (Å²) in [7, 11) is 0. The van der Waals surface area contributed by atoms with Gasteiger partial charge in [0.1, 0.15) is 0 Å². The monoisotopic (exact) mass is 183 g/mol. The summed E-state index contributed by atoms with van der Waals surface area (Å²) >= 11 is 0. The molecule has 2 aliphatic rings. The first kappa shape index (κ1) is 8.97. The standard InChI is InChI=1S/C9H17N3O/c13-8-9(12-7-6-11-8)2-1-4-10-5-3-9/h10,12H,1-7H2,(H,11,13). The van der Waals surface area contributed by atoms with Gasteiger partial charge in [0, 0.05) is 13.1 Å². The zero-order valence-corrected chi connectivity index (χ0v) is 7.86. The third-order valence-electron chi connectivity index (χ3n) is 2.99. The fraction of sp³-hybridized carbons (Fsp3) is 0.889. The molecule has 0 aliphatic carbocycles. The maximum atomic E-state index is 11.7. The quantitative estimate of drug-likeness (QED) is 0.462. The van der Waals surface area contributed by atoms with Gasteiger partial charge >= 0.3 is 0 Å². The van der Waals surface area contributed by atoms with Gasteiger partial charge in [-0.3, -0.25) is 4.79 Å². The van der Waals surface area contributed by atoms with E-state index >= 15 is 0 Å². The van der Waals surface area contributed by atoms with Crippen molar-refractivity contribution in [3.8, 4) is 0 Å². The lowest BCUT2D eigenvalue weighted by Gasteiger charge is -2.36. The van der Waals surface area contributed by atoms with Crippen LogP contribution in [0.3, 0.4) is 0 Å². The second-order valence-corrected chi connectivity index (χ2v) is 3.87. The van der Waals surface area contributed by atoms with Crippen LogP contribution >= 0.6 is 0 Å². The molecule has 1 amide bonds. The summed E-state index contributed by atoms with van der Waals surface area (Å²) in [4.78, 5) is 11.7. The number of rotatable bonds is 0. The van der Waals surface area contributed by atoms with E-state index in [4.69, 9.17) is 0 Å². The molecule has 1 unspecified atom stereocenters. The van der Waals surface area contributed by atoms with Crippen molar-refractivity contribution in [1.82, 2.24) is 16.0 Å². The molecule has 2 heterocycles. The fourth-order valence-electron chi connectivity index (χ4n) is 2.20. The Hall–Kier alpha value is -0.610. The zero-order chi connectivity index (χ0) is 9.15. The number of carbonyl (C=O) groups is 1. The van der Waals surface area contributed by atoms with Crippen molar-refractivity contribution in [2.75, 3.05) is 26.2 Å². The van der Waals surface area contributed by atoms with Gasteiger partial charge in [-0.2, -0.15) is 0 Å². The predicted molar refractivity (Wildman–Crippen MR) is 50.5 cm³/mol. The van der Waals surface area contributed by atoms with Crippen molar-refractivity contribution in [3.05, 3.63) is 0 Å². The van der Waals surface area contributed by atoms with E-state index in [-0.39, 0.29) is 11.4 Å². The number of nitrogens with one attached hydrogen (secondary N) is 3. The van der Waals surface area contributed by atoms with Gasteiger partial charge in [-0.15, -0.1) is 0 Å². The molecule has 3 N–H and O–H groups in total. The first-order chi connectivity index (χ1) is 6.33. The van der Waals surface area contributed by atoms with Gasteiger partial charge in [0.15, 0.2) is 0 Å². The number of amides is 1. The van der Waals surface area contributed by atoms with Crippen molar-refractivity contribution in [2.45, 2.75) is 24.8 Å². The van der Waals surface area contributed by atoms with Crippen molar-refractivity contribution < 1.29 is 4.79 Å². The second-order valence-electron chi connectivity index (χ2n) is 3.87. The van der Waals surface area contributed by atoms with E-state index < -0.39 is 0 Å². The molecule has 0 aromatic rings. The molecule has 13 heavy (non-hydrogen) atoms. The Kier molecular flexibility index (Phi) is 2.51. The minimum absolute atomic E-state index is 0.197. The van der Waals surface area contributed by atoms with E-state index in [9.17, 15) is 4.79 Å². The van der Waals surface area contributed by atoms with E-state index in [0.717, 1.165) is 45.4 Å². The van der Waals surface area contributed by atoms with E-state index in [1.165, 1.54) is 0 Å². The third-order valence-corrected chi connectivity index (χ3v) is 2.99. The molecule has 0 aromatic heterocycles. The second kappa shape index (κ2) is 3.64. The Morgan fingerprint density at radius 2 is 2.00 bits per heavy atom. The van der Waals surface area contributed by atoms with Crippen LogP contribution in [0.5, 0.6) is 0 Å². The van der Waals surface area contributed by atoms with Gasteiger partial charge < -0.3 is 16.0 Å². The van der Waals surface area contributed by atoms with Gasteiger partial charge in [-0.05, 0) is 32.4 Å². The lowest BCUT2D eigenvalue weighted by molar-refractivity contribution is -0.129. The van der Waals surface area contributed by atoms with E-state index in [0.29, 0.717) is 0 Å². The molecule has 2 fully saturated rings. The topological polar surface area (TPSA) is 53.2 Å². The first-order valence-corrected chi connectivity index (χ1v) is 5.08. The highest BCUT2D eigenvalue weighted by molar-refractivity contribution is 5.87. The van der Waals surface area contributed by atoms with E-state index in [1.54, 1.807) is 0 Å². The Balaban J connectivity index is 2.09. The SMILES string of the molecule is O=C1NCCNC12CCCNCC2. The van der Waals surface area contributed by atoms with Crippen LogP contribution in [0.4, 0.5) is 0 Å². The van der Waals surface area contributed by atoms with Gasteiger partial charge in [-0.1, -0.05) is 0 Å². The molecule has 0 aromatic carbocycles. The van der Waals surface area contributed by atoms with Crippen molar-refractivity contribution in [3.63, 3.8) is 0 Å².